The van der Waals surface area contributed by atoms with Crippen LogP contribution >= 0.6 is 23.1 Å². The van der Waals surface area contributed by atoms with Crippen molar-refractivity contribution in [2.24, 2.45) is 0 Å². The van der Waals surface area contributed by atoms with Crippen molar-refractivity contribution in [3.8, 4) is 0 Å². The maximum absolute atomic E-state index is 12.1. The molecule has 0 atom stereocenters. The number of thioether (sulfide) groups is 1. The fourth-order valence-corrected chi connectivity index (χ4v) is 3.70. The first-order chi connectivity index (χ1) is 11.0. The van der Waals surface area contributed by atoms with Crippen molar-refractivity contribution < 1.29 is 9.59 Å². The summed E-state index contributed by atoms with van der Waals surface area (Å²) in [5.74, 6) is 0.158. The normalized spacial score (nSPS) is 13.7. The van der Waals surface area contributed by atoms with E-state index >= 15 is 0 Å². The minimum atomic E-state index is -0.0811. The molecule has 1 aromatic heterocycles. The predicted octanol–water partition coefficient (Wildman–Crippen LogP) is 1.53. The van der Waals surface area contributed by atoms with Crippen LogP contribution in [0.3, 0.4) is 0 Å². The van der Waals surface area contributed by atoms with Crippen LogP contribution in [0.2, 0.25) is 0 Å². The van der Waals surface area contributed by atoms with Crippen molar-refractivity contribution in [2.45, 2.75) is 37.1 Å². The van der Waals surface area contributed by atoms with E-state index < -0.39 is 0 Å². The Kier molecular flexibility index (Phi) is 6.64. The molecule has 1 aliphatic rings. The lowest BCUT2D eigenvalue weighted by Gasteiger charge is -2.23. The molecular formula is C14H23N5O2S2. The Morgan fingerprint density at radius 2 is 1.96 bits per heavy atom. The molecule has 2 rings (SSSR count). The molecule has 128 valence electrons. The summed E-state index contributed by atoms with van der Waals surface area (Å²) in [6, 6.07) is 0.541. The number of carbonyl (C=O) groups is 2. The number of hydrogen-bond acceptors (Lipinski definition) is 7. The third-order valence-electron chi connectivity index (χ3n) is 3.54. The Bertz CT molecular complexity index is 543. The van der Waals surface area contributed by atoms with E-state index in [0.29, 0.717) is 19.1 Å². The van der Waals surface area contributed by atoms with Crippen LogP contribution in [0.1, 0.15) is 26.7 Å². The Labute approximate surface area is 144 Å². The molecule has 0 aromatic carbocycles. The molecule has 1 fully saturated rings. The summed E-state index contributed by atoms with van der Waals surface area (Å²) in [4.78, 5) is 27.3. The Morgan fingerprint density at radius 3 is 2.57 bits per heavy atom. The van der Waals surface area contributed by atoms with E-state index in [1.807, 2.05) is 13.8 Å². The molecule has 0 spiro atoms. The molecule has 0 saturated heterocycles. The molecular weight excluding hydrogens is 334 g/mol. The van der Waals surface area contributed by atoms with Crippen LogP contribution in [0, 0.1) is 0 Å². The number of carbonyl (C=O) groups excluding carboxylic acids is 2. The van der Waals surface area contributed by atoms with Gasteiger partial charge in [0.2, 0.25) is 16.9 Å². The first-order valence-electron chi connectivity index (χ1n) is 7.78. The third kappa shape index (κ3) is 5.65. The summed E-state index contributed by atoms with van der Waals surface area (Å²) in [5, 5.41) is 12.2. The zero-order valence-corrected chi connectivity index (χ0v) is 15.4. The fraction of sp³-hybridized carbons (Fsp3) is 0.714. The fourth-order valence-electron chi connectivity index (χ4n) is 1.93. The number of amides is 2. The monoisotopic (exact) mass is 357 g/mol. The molecule has 0 bridgehead atoms. The average molecular weight is 358 g/mol. The van der Waals surface area contributed by atoms with Gasteiger partial charge in [-0.15, -0.1) is 10.2 Å². The SMILES string of the molecule is CCN(CC)C(=O)CN(C)C(=O)CSc1nnc(NC2CC2)s1. The highest BCUT2D eigenvalue weighted by Gasteiger charge is 2.22. The van der Waals surface area contributed by atoms with Gasteiger partial charge in [0.1, 0.15) is 0 Å². The largest absolute Gasteiger partial charge is 0.357 e. The Balaban J connectivity index is 1.74. The van der Waals surface area contributed by atoms with E-state index in [-0.39, 0.29) is 24.1 Å². The van der Waals surface area contributed by atoms with Crippen molar-refractivity contribution in [1.29, 1.82) is 0 Å². The second-order valence-electron chi connectivity index (χ2n) is 5.40. The van der Waals surface area contributed by atoms with Gasteiger partial charge in [-0.2, -0.15) is 0 Å². The number of rotatable bonds is 9. The van der Waals surface area contributed by atoms with E-state index in [0.717, 1.165) is 9.47 Å². The summed E-state index contributed by atoms with van der Waals surface area (Å²) in [6.45, 7) is 5.30. The van der Waals surface area contributed by atoms with E-state index in [4.69, 9.17) is 0 Å². The highest BCUT2D eigenvalue weighted by molar-refractivity contribution is 8.01. The van der Waals surface area contributed by atoms with Crippen molar-refractivity contribution in [3.05, 3.63) is 0 Å². The summed E-state index contributed by atoms with van der Waals surface area (Å²) in [5.41, 5.74) is 0. The summed E-state index contributed by atoms with van der Waals surface area (Å²) in [7, 11) is 1.66. The van der Waals surface area contributed by atoms with Crippen LogP contribution in [-0.4, -0.2) is 70.3 Å². The van der Waals surface area contributed by atoms with Gasteiger partial charge in [0, 0.05) is 26.2 Å². The van der Waals surface area contributed by atoms with Gasteiger partial charge in [-0.25, -0.2) is 0 Å². The number of anilines is 1. The Hall–Kier alpha value is -1.35. The highest BCUT2D eigenvalue weighted by atomic mass is 32.2. The first kappa shape index (κ1) is 18.0. The van der Waals surface area contributed by atoms with Crippen LogP contribution in [-0.2, 0) is 9.59 Å². The quantitative estimate of drug-likeness (QED) is 0.675. The molecule has 0 aliphatic heterocycles. The van der Waals surface area contributed by atoms with Crippen LogP contribution in [0.15, 0.2) is 4.34 Å². The van der Waals surface area contributed by atoms with Gasteiger partial charge in [-0.1, -0.05) is 23.1 Å². The zero-order valence-electron chi connectivity index (χ0n) is 13.7. The number of aromatic nitrogens is 2. The number of hydrogen-bond donors (Lipinski definition) is 1. The lowest BCUT2D eigenvalue weighted by Crippen LogP contribution is -2.41. The van der Waals surface area contributed by atoms with Crippen molar-refractivity contribution in [3.63, 3.8) is 0 Å². The summed E-state index contributed by atoms with van der Waals surface area (Å²) < 4.78 is 0.768. The van der Waals surface area contributed by atoms with Crippen molar-refractivity contribution in [1.82, 2.24) is 20.0 Å². The summed E-state index contributed by atoms with van der Waals surface area (Å²) >= 11 is 2.83. The van der Waals surface area contributed by atoms with Gasteiger partial charge in [0.25, 0.3) is 0 Å². The molecule has 1 aliphatic carbocycles. The highest BCUT2D eigenvalue weighted by Crippen LogP contribution is 2.30. The van der Waals surface area contributed by atoms with E-state index in [2.05, 4.69) is 15.5 Å². The molecule has 0 radical (unpaired) electrons. The number of likely N-dealkylation sites (N-methyl/N-ethyl adjacent to an activating group) is 2. The second kappa shape index (κ2) is 8.49. The van der Waals surface area contributed by atoms with Crippen LogP contribution < -0.4 is 5.32 Å². The molecule has 2 amide bonds. The predicted molar refractivity (Wildman–Crippen MR) is 92.8 cm³/mol. The molecule has 0 unspecified atom stereocenters. The minimum Gasteiger partial charge on any atom is -0.357 e. The van der Waals surface area contributed by atoms with Gasteiger partial charge in [0.15, 0.2) is 4.34 Å². The van der Waals surface area contributed by atoms with Gasteiger partial charge >= 0.3 is 0 Å². The number of nitrogens with one attached hydrogen (secondary N) is 1. The lowest BCUT2D eigenvalue weighted by atomic mass is 10.4. The molecule has 1 aromatic rings. The van der Waals surface area contributed by atoms with Crippen LogP contribution in [0.25, 0.3) is 0 Å². The van der Waals surface area contributed by atoms with E-state index in [1.165, 1.54) is 40.8 Å². The smallest absolute Gasteiger partial charge is 0.242 e. The maximum atomic E-state index is 12.1. The van der Waals surface area contributed by atoms with E-state index in [9.17, 15) is 9.59 Å². The molecule has 1 saturated carbocycles. The molecule has 7 nitrogen and oxygen atoms in total. The van der Waals surface area contributed by atoms with Gasteiger partial charge in [-0.05, 0) is 26.7 Å². The van der Waals surface area contributed by atoms with Gasteiger partial charge in [0.05, 0.1) is 12.3 Å². The molecule has 1 heterocycles. The van der Waals surface area contributed by atoms with Gasteiger partial charge in [-0.3, -0.25) is 9.59 Å². The van der Waals surface area contributed by atoms with Gasteiger partial charge < -0.3 is 15.1 Å². The molecule has 23 heavy (non-hydrogen) atoms. The lowest BCUT2D eigenvalue weighted by molar-refractivity contribution is -0.137. The zero-order chi connectivity index (χ0) is 16.8. The topological polar surface area (TPSA) is 78.4 Å². The number of nitrogens with zero attached hydrogens (tertiary/aromatic N) is 4. The minimum absolute atomic E-state index is 0.0253. The third-order valence-corrected chi connectivity index (χ3v) is 5.52. The van der Waals surface area contributed by atoms with Crippen LogP contribution in [0.5, 0.6) is 0 Å². The summed E-state index contributed by atoms with van der Waals surface area (Å²) in [6.07, 6.45) is 2.37. The molecule has 9 heteroatoms. The standard InChI is InChI=1S/C14H23N5O2S2/c1-4-19(5-2)11(20)8-18(3)12(21)9-22-14-17-16-13(23-14)15-10-6-7-10/h10H,4-9H2,1-3H3,(H,15,16). The Morgan fingerprint density at radius 1 is 1.26 bits per heavy atom. The first-order valence-corrected chi connectivity index (χ1v) is 9.58. The average Bonchev–Trinajstić information content (AvgIpc) is 3.22. The van der Waals surface area contributed by atoms with Crippen molar-refractivity contribution in [2.75, 3.05) is 37.8 Å². The molecule has 1 N–H and O–H groups in total. The maximum Gasteiger partial charge on any atom is 0.242 e. The van der Waals surface area contributed by atoms with E-state index in [1.54, 1.807) is 11.9 Å². The second-order valence-corrected chi connectivity index (χ2v) is 7.60. The van der Waals surface area contributed by atoms with Crippen molar-refractivity contribution >= 4 is 40.0 Å². The van der Waals surface area contributed by atoms with Crippen LogP contribution in [0.4, 0.5) is 5.13 Å².